The quantitative estimate of drug-likeness (QED) is 0.486. The van der Waals surface area contributed by atoms with Gasteiger partial charge in [0.25, 0.3) is 0 Å². The van der Waals surface area contributed by atoms with Gasteiger partial charge < -0.3 is 24.8 Å². The van der Waals surface area contributed by atoms with E-state index >= 15 is 0 Å². The summed E-state index contributed by atoms with van der Waals surface area (Å²) in [7, 11) is 1.68. The number of likely N-dealkylation sites (N-methyl/N-ethyl adjacent to an activating group) is 1. The molecule has 2 aromatic heterocycles. The van der Waals surface area contributed by atoms with E-state index in [1.54, 1.807) is 29.0 Å². The van der Waals surface area contributed by atoms with E-state index in [1.165, 1.54) is 0 Å². The highest BCUT2D eigenvalue weighted by Crippen LogP contribution is 2.29. The molecule has 3 aromatic rings. The number of primary amides is 1. The molecule has 0 spiro atoms. The highest BCUT2D eigenvalue weighted by atomic mass is 19.4. The van der Waals surface area contributed by atoms with Crippen molar-refractivity contribution in [2.75, 3.05) is 38.3 Å². The maximum absolute atomic E-state index is 12.7. The second kappa shape index (κ2) is 9.90. The minimum absolute atomic E-state index is 0.102. The molecule has 0 aliphatic carbocycles. The Morgan fingerprint density at radius 1 is 1.23 bits per heavy atom. The highest BCUT2D eigenvalue weighted by Gasteiger charge is 2.33. The minimum atomic E-state index is -4.49. The molecule has 1 aliphatic heterocycles. The molecule has 1 aromatic carbocycles. The largest absolute Gasteiger partial charge is 0.419 e. The fourth-order valence-corrected chi connectivity index (χ4v) is 4.03. The Morgan fingerprint density at radius 2 is 1.97 bits per heavy atom. The number of benzene rings is 1. The molecule has 9 nitrogen and oxygen atoms in total. The lowest BCUT2D eigenvalue weighted by atomic mass is 10.1. The smallest absolute Gasteiger partial charge is 0.370 e. The van der Waals surface area contributed by atoms with Crippen LogP contribution < -0.4 is 10.6 Å². The maximum atomic E-state index is 12.7. The Morgan fingerprint density at radius 3 is 2.66 bits per heavy atom. The standard InChI is InChI=1S/C23H25F3N6O3/c1-30(18-5-7-32(13-18)22-28-11-17(12-29-22)23(24,25)26)20(33)14-35-9-8-31-6-4-15-2-3-16(21(27)34)10-19(15)31/h2-4,6,10-12,18H,5,7-9,13-14H2,1H3,(H2,27,34). The first-order valence-electron chi connectivity index (χ1n) is 11.0. The zero-order chi connectivity index (χ0) is 25.2. The third kappa shape index (κ3) is 5.53. The van der Waals surface area contributed by atoms with Gasteiger partial charge in [-0.15, -0.1) is 0 Å². The highest BCUT2D eigenvalue weighted by molar-refractivity contribution is 5.97. The van der Waals surface area contributed by atoms with Gasteiger partial charge in [-0.2, -0.15) is 13.2 Å². The van der Waals surface area contributed by atoms with Crippen molar-refractivity contribution in [2.24, 2.45) is 5.73 Å². The van der Waals surface area contributed by atoms with Crippen LogP contribution in [-0.4, -0.2) is 70.6 Å². The van der Waals surface area contributed by atoms with Crippen LogP contribution in [0.15, 0.2) is 42.9 Å². The monoisotopic (exact) mass is 490 g/mol. The second-order valence-electron chi connectivity index (χ2n) is 8.36. The van der Waals surface area contributed by atoms with Gasteiger partial charge in [0.05, 0.1) is 18.2 Å². The van der Waals surface area contributed by atoms with Crippen molar-refractivity contribution in [3.05, 3.63) is 54.0 Å². The third-order valence-electron chi connectivity index (χ3n) is 6.11. The predicted molar refractivity (Wildman–Crippen MR) is 122 cm³/mol. The summed E-state index contributed by atoms with van der Waals surface area (Å²) in [6.45, 7) is 1.63. The zero-order valence-electron chi connectivity index (χ0n) is 19.0. The van der Waals surface area contributed by atoms with Crippen molar-refractivity contribution in [3.8, 4) is 0 Å². The summed E-state index contributed by atoms with van der Waals surface area (Å²) in [5.74, 6) is -0.491. The van der Waals surface area contributed by atoms with Crippen molar-refractivity contribution < 1.29 is 27.5 Å². The lowest BCUT2D eigenvalue weighted by molar-refractivity contribution is -0.138. The van der Waals surface area contributed by atoms with Crippen LogP contribution in [0.1, 0.15) is 22.3 Å². The van der Waals surface area contributed by atoms with Gasteiger partial charge in [-0.3, -0.25) is 9.59 Å². The maximum Gasteiger partial charge on any atom is 0.419 e. The number of nitrogens with zero attached hydrogens (tertiary/aromatic N) is 5. The number of fused-ring (bicyclic) bond motifs is 1. The van der Waals surface area contributed by atoms with Crippen LogP contribution in [0.5, 0.6) is 0 Å². The van der Waals surface area contributed by atoms with Crippen LogP contribution in [0.4, 0.5) is 19.1 Å². The Hall–Kier alpha value is -3.67. The van der Waals surface area contributed by atoms with Crippen LogP contribution in [0, 0.1) is 0 Å². The average molecular weight is 490 g/mol. The number of halogens is 3. The van der Waals surface area contributed by atoms with Gasteiger partial charge in [-0.25, -0.2) is 9.97 Å². The summed E-state index contributed by atoms with van der Waals surface area (Å²) < 4.78 is 45.6. The summed E-state index contributed by atoms with van der Waals surface area (Å²) in [6, 6.07) is 7.02. The Balaban J connectivity index is 1.25. The van der Waals surface area contributed by atoms with Crippen molar-refractivity contribution in [2.45, 2.75) is 25.2 Å². The van der Waals surface area contributed by atoms with Crippen LogP contribution in [0.2, 0.25) is 0 Å². The van der Waals surface area contributed by atoms with E-state index in [2.05, 4.69) is 9.97 Å². The molecule has 12 heteroatoms. The SMILES string of the molecule is CN(C(=O)COCCn1ccc2ccc(C(N)=O)cc21)C1CCN(c2ncc(C(F)(F)F)cn2)C1. The van der Waals surface area contributed by atoms with Crippen LogP contribution >= 0.6 is 0 Å². The summed E-state index contributed by atoms with van der Waals surface area (Å²) in [5, 5.41) is 0.966. The van der Waals surface area contributed by atoms with Gasteiger partial charge >= 0.3 is 6.18 Å². The number of nitrogens with two attached hydrogens (primary N) is 1. The molecule has 1 fully saturated rings. The summed E-state index contributed by atoms with van der Waals surface area (Å²) in [6.07, 6.45) is -0.436. The van der Waals surface area contributed by atoms with Crippen LogP contribution in [-0.2, 0) is 22.3 Å². The number of rotatable bonds is 8. The first-order valence-corrected chi connectivity index (χ1v) is 11.0. The van der Waals surface area contributed by atoms with Crippen molar-refractivity contribution >= 4 is 28.7 Å². The summed E-state index contributed by atoms with van der Waals surface area (Å²) >= 11 is 0. The van der Waals surface area contributed by atoms with E-state index in [1.807, 2.05) is 22.9 Å². The molecule has 1 atom stereocenters. The number of carbonyl (C=O) groups is 2. The topological polar surface area (TPSA) is 107 Å². The van der Waals surface area contributed by atoms with Crippen molar-refractivity contribution in [1.29, 1.82) is 0 Å². The van der Waals surface area contributed by atoms with Crippen LogP contribution in [0.3, 0.4) is 0 Å². The normalized spacial score (nSPS) is 16.1. The molecule has 4 rings (SSSR count). The van der Waals surface area contributed by atoms with E-state index in [0.717, 1.165) is 23.3 Å². The number of hydrogen-bond acceptors (Lipinski definition) is 6. The second-order valence-corrected chi connectivity index (χ2v) is 8.36. The first-order chi connectivity index (χ1) is 16.6. The van der Waals surface area contributed by atoms with Gasteiger partial charge in [0, 0.05) is 56.4 Å². The van der Waals surface area contributed by atoms with E-state index in [4.69, 9.17) is 10.5 Å². The van der Waals surface area contributed by atoms with Crippen LogP contribution in [0.25, 0.3) is 10.9 Å². The molecular formula is C23H25F3N6O3. The fourth-order valence-electron chi connectivity index (χ4n) is 4.03. The van der Waals surface area contributed by atoms with Gasteiger partial charge in [0.2, 0.25) is 17.8 Å². The van der Waals surface area contributed by atoms with Gasteiger partial charge in [-0.1, -0.05) is 6.07 Å². The molecule has 3 heterocycles. The van der Waals surface area contributed by atoms with E-state index in [-0.39, 0.29) is 24.5 Å². The zero-order valence-corrected chi connectivity index (χ0v) is 19.0. The molecule has 2 amide bonds. The number of aromatic nitrogens is 3. The molecular weight excluding hydrogens is 465 g/mol. The van der Waals surface area contributed by atoms with Gasteiger partial charge in [0.15, 0.2) is 0 Å². The molecule has 1 unspecified atom stereocenters. The Labute approximate surface area is 199 Å². The Bertz CT molecular complexity index is 1210. The lowest BCUT2D eigenvalue weighted by Crippen LogP contribution is -2.41. The fraction of sp³-hybridized carbons (Fsp3) is 0.391. The first kappa shape index (κ1) is 24.5. The van der Waals surface area contributed by atoms with E-state index in [9.17, 15) is 22.8 Å². The molecule has 1 saturated heterocycles. The molecule has 0 bridgehead atoms. The number of alkyl halides is 3. The predicted octanol–water partition coefficient (Wildman–Crippen LogP) is 2.30. The van der Waals surface area contributed by atoms with Gasteiger partial charge in [-0.05, 0) is 30.0 Å². The lowest BCUT2D eigenvalue weighted by Gasteiger charge is -2.25. The van der Waals surface area contributed by atoms with Crippen molar-refractivity contribution in [1.82, 2.24) is 19.4 Å². The molecule has 186 valence electrons. The number of ether oxygens (including phenoxy) is 1. The molecule has 35 heavy (non-hydrogen) atoms. The van der Waals surface area contributed by atoms with E-state index in [0.29, 0.717) is 38.2 Å². The summed E-state index contributed by atoms with van der Waals surface area (Å²) in [4.78, 5) is 35.0. The van der Waals surface area contributed by atoms with Gasteiger partial charge in [0.1, 0.15) is 6.61 Å². The number of carbonyl (C=O) groups excluding carboxylic acids is 2. The minimum Gasteiger partial charge on any atom is -0.370 e. The molecule has 0 radical (unpaired) electrons. The summed E-state index contributed by atoms with van der Waals surface area (Å²) in [5.41, 5.74) is 5.73. The number of anilines is 1. The third-order valence-corrected chi connectivity index (χ3v) is 6.11. The van der Waals surface area contributed by atoms with E-state index < -0.39 is 17.6 Å². The van der Waals surface area contributed by atoms with Crippen molar-refractivity contribution in [3.63, 3.8) is 0 Å². The molecule has 1 aliphatic rings. The average Bonchev–Trinajstić information content (AvgIpc) is 3.48. The molecule has 2 N–H and O–H groups in total. The number of amides is 2. The number of hydrogen-bond donors (Lipinski definition) is 1. The molecule has 0 saturated carbocycles. The Kier molecular flexibility index (Phi) is 6.92.